The maximum absolute atomic E-state index is 9.91. The molecule has 0 bridgehead atoms. The van der Waals surface area contributed by atoms with E-state index in [0.717, 1.165) is 11.1 Å². The zero-order chi connectivity index (χ0) is 9.52. The maximum atomic E-state index is 9.91. The van der Waals surface area contributed by atoms with Gasteiger partial charge < -0.3 is 4.74 Å². The standard InChI is InChI=1S/C9H9NO3/c11-7-13-6-9-3-1-8(2-4-9)5-10-12/h1-4,7H,5-6H2. The molecule has 0 saturated carbocycles. The van der Waals surface area contributed by atoms with Gasteiger partial charge in [0.25, 0.3) is 6.47 Å². The van der Waals surface area contributed by atoms with Crippen molar-refractivity contribution in [2.75, 3.05) is 0 Å². The van der Waals surface area contributed by atoms with Gasteiger partial charge in [-0.15, -0.1) is 0 Å². The molecule has 0 radical (unpaired) electrons. The molecule has 0 fully saturated rings. The van der Waals surface area contributed by atoms with E-state index in [1.807, 2.05) is 0 Å². The van der Waals surface area contributed by atoms with Crippen LogP contribution in [0.3, 0.4) is 0 Å². The van der Waals surface area contributed by atoms with Crippen molar-refractivity contribution in [3.63, 3.8) is 0 Å². The molecule has 0 aliphatic heterocycles. The fourth-order valence-corrected chi connectivity index (χ4v) is 0.946. The van der Waals surface area contributed by atoms with Gasteiger partial charge in [0.2, 0.25) is 0 Å². The molecule has 0 spiro atoms. The van der Waals surface area contributed by atoms with Gasteiger partial charge in [0.15, 0.2) is 0 Å². The Hall–Kier alpha value is -1.71. The average Bonchev–Trinajstić information content (AvgIpc) is 2.17. The minimum absolute atomic E-state index is 0.175. The highest BCUT2D eigenvalue weighted by atomic mass is 16.5. The van der Waals surface area contributed by atoms with Crippen LogP contribution in [0.15, 0.2) is 29.4 Å². The number of rotatable bonds is 5. The second-order valence-electron chi connectivity index (χ2n) is 2.51. The molecule has 0 saturated heterocycles. The van der Waals surface area contributed by atoms with Gasteiger partial charge in [0.05, 0.1) is 0 Å². The van der Waals surface area contributed by atoms with E-state index in [1.54, 1.807) is 24.3 Å². The Morgan fingerprint density at radius 1 is 1.23 bits per heavy atom. The van der Waals surface area contributed by atoms with E-state index >= 15 is 0 Å². The van der Waals surface area contributed by atoms with E-state index in [1.165, 1.54) is 0 Å². The molecular formula is C9H9NO3. The molecule has 4 heteroatoms. The van der Waals surface area contributed by atoms with Gasteiger partial charge in [-0.1, -0.05) is 29.4 Å². The van der Waals surface area contributed by atoms with E-state index in [4.69, 9.17) is 0 Å². The summed E-state index contributed by atoms with van der Waals surface area (Å²) in [5, 5.41) is 2.76. The summed E-state index contributed by atoms with van der Waals surface area (Å²) in [6.07, 6.45) is 0. The van der Waals surface area contributed by atoms with Gasteiger partial charge in [0.1, 0.15) is 13.2 Å². The van der Waals surface area contributed by atoms with Crippen LogP contribution < -0.4 is 0 Å². The second kappa shape index (κ2) is 5.03. The molecule has 1 aromatic carbocycles. The summed E-state index contributed by atoms with van der Waals surface area (Å²) in [7, 11) is 0. The molecule has 4 nitrogen and oxygen atoms in total. The van der Waals surface area contributed by atoms with Crippen LogP contribution >= 0.6 is 0 Å². The number of benzene rings is 1. The van der Waals surface area contributed by atoms with Crippen molar-refractivity contribution in [1.82, 2.24) is 0 Å². The van der Waals surface area contributed by atoms with Crippen molar-refractivity contribution in [2.45, 2.75) is 13.2 Å². The van der Waals surface area contributed by atoms with Gasteiger partial charge in [-0.25, -0.2) is 0 Å². The van der Waals surface area contributed by atoms with Crippen molar-refractivity contribution in [3.05, 3.63) is 40.3 Å². The third-order valence-corrected chi connectivity index (χ3v) is 1.59. The lowest BCUT2D eigenvalue weighted by molar-refractivity contribution is -0.129. The smallest absolute Gasteiger partial charge is 0.293 e. The monoisotopic (exact) mass is 179 g/mol. The maximum Gasteiger partial charge on any atom is 0.293 e. The first-order valence-electron chi connectivity index (χ1n) is 3.79. The second-order valence-corrected chi connectivity index (χ2v) is 2.51. The minimum atomic E-state index is 0.175. The van der Waals surface area contributed by atoms with Crippen LogP contribution in [0, 0.1) is 4.91 Å². The quantitative estimate of drug-likeness (QED) is 0.509. The summed E-state index contributed by atoms with van der Waals surface area (Å²) >= 11 is 0. The highest BCUT2D eigenvalue weighted by molar-refractivity contribution is 5.37. The fraction of sp³-hybridized carbons (Fsp3) is 0.222. The van der Waals surface area contributed by atoms with Gasteiger partial charge in [-0.3, -0.25) is 4.79 Å². The predicted molar refractivity (Wildman–Crippen MR) is 46.8 cm³/mol. The van der Waals surface area contributed by atoms with Crippen LogP contribution in [0.25, 0.3) is 0 Å². The van der Waals surface area contributed by atoms with Gasteiger partial charge in [0, 0.05) is 0 Å². The van der Waals surface area contributed by atoms with Crippen LogP contribution in [-0.4, -0.2) is 6.47 Å². The summed E-state index contributed by atoms with van der Waals surface area (Å²) < 4.78 is 4.55. The molecule has 1 rings (SSSR count). The lowest BCUT2D eigenvalue weighted by atomic mass is 10.1. The number of hydrogen-bond acceptors (Lipinski definition) is 4. The molecule has 0 amide bonds. The molecule has 0 aliphatic rings. The highest BCUT2D eigenvalue weighted by Crippen LogP contribution is 2.06. The van der Waals surface area contributed by atoms with Crippen LogP contribution in [0.4, 0.5) is 0 Å². The summed E-state index contributed by atoms with van der Waals surface area (Å²) in [5.41, 5.74) is 1.74. The summed E-state index contributed by atoms with van der Waals surface area (Å²) in [6, 6.07) is 7.16. The Kier molecular flexibility index (Phi) is 3.63. The Balaban J connectivity index is 2.58. The fourth-order valence-electron chi connectivity index (χ4n) is 0.946. The third kappa shape index (κ3) is 3.02. The number of nitroso groups, excluding NO2 is 1. The van der Waals surface area contributed by atoms with Crippen molar-refractivity contribution in [3.8, 4) is 0 Å². The number of hydrogen-bond donors (Lipinski definition) is 0. The van der Waals surface area contributed by atoms with Gasteiger partial charge >= 0.3 is 0 Å². The molecule has 0 N–H and O–H groups in total. The SMILES string of the molecule is O=COCc1ccc(CN=O)cc1. The Labute approximate surface area is 75.5 Å². The van der Waals surface area contributed by atoms with E-state index < -0.39 is 0 Å². The predicted octanol–water partition coefficient (Wildman–Crippen LogP) is 1.63. The molecule has 0 atom stereocenters. The zero-order valence-electron chi connectivity index (χ0n) is 6.97. The van der Waals surface area contributed by atoms with E-state index in [-0.39, 0.29) is 13.2 Å². The first-order chi connectivity index (χ1) is 6.36. The van der Waals surface area contributed by atoms with Crippen LogP contribution in [-0.2, 0) is 22.7 Å². The van der Waals surface area contributed by atoms with Crippen LogP contribution in [0.2, 0.25) is 0 Å². The molecule has 0 heterocycles. The number of carbonyl (C=O) groups excluding carboxylic acids is 1. The number of nitrogens with zero attached hydrogens (tertiary/aromatic N) is 1. The Morgan fingerprint density at radius 3 is 2.38 bits per heavy atom. The molecule has 13 heavy (non-hydrogen) atoms. The average molecular weight is 179 g/mol. The number of carbonyl (C=O) groups is 1. The van der Waals surface area contributed by atoms with Crippen molar-refractivity contribution >= 4 is 6.47 Å². The molecule has 68 valence electrons. The minimum Gasteiger partial charge on any atom is -0.463 e. The first kappa shape index (κ1) is 9.38. The van der Waals surface area contributed by atoms with Gasteiger partial charge in [-0.05, 0) is 11.1 Å². The first-order valence-corrected chi connectivity index (χ1v) is 3.79. The van der Waals surface area contributed by atoms with Crippen molar-refractivity contribution < 1.29 is 9.53 Å². The zero-order valence-corrected chi connectivity index (χ0v) is 6.97. The van der Waals surface area contributed by atoms with Gasteiger partial charge in [-0.2, -0.15) is 4.91 Å². The Bertz CT molecular complexity index is 281. The van der Waals surface area contributed by atoms with Crippen molar-refractivity contribution in [1.29, 1.82) is 0 Å². The van der Waals surface area contributed by atoms with E-state index in [9.17, 15) is 9.70 Å². The lowest BCUT2D eigenvalue weighted by Gasteiger charge is -1.99. The molecule has 1 aromatic rings. The highest BCUT2D eigenvalue weighted by Gasteiger charge is 1.94. The lowest BCUT2D eigenvalue weighted by Crippen LogP contribution is -1.90. The van der Waals surface area contributed by atoms with Crippen molar-refractivity contribution in [2.24, 2.45) is 5.18 Å². The Morgan fingerprint density at radius 2 is 1.85 bits per heavy atom. The molecule has 0 aliphatic carbocycles. The van der Waals surface area contributed by atoms with E-state index in [2.05, 4.69) is 9.91 Å². The largest absolute Gasteiger partial charge is 0.463 e. The summed E-state index contributed by atoms with van der Waals surface area (Å²) in [6.45, 7) is 0.841. The normalized spacial score (nSPS) is 9.23. The summed E-state index contributed by atoms with van der Waals surface area (Å²) in [5.74, 6) is 0. The molecule has 0 unspecified atom stereocenters. The van der Waals surface area contributed by atoms with E-state index in [0.29, 0.717) is 6.47 Å². The van der Waals surface area contributed by atoms with Crippen LogP contribution in [0.1, 0.15) is 11.1 Å². The molecular weight excluding hydrogens is 170 g/mol. The third-order valence-electron chi connectivity index (χ3n) is 1.59. The topological polar surface area (TPSA) is 55.7 Å². The summed E-state index contributed by atoms with van der Waals surface area (Å²) in [4.78, 5) is 19.8. The number of ether oxygens (including phenoxy) is 1. The van der Waals surface area contributed by atoms with Crippen LogP contribution in [0.5, 0.6) is 0 Å². The molecule has 0 aromatic heterocycles.